The van der Waals surface area contributed by atoms with E-state index < -0.39 is 6.10 Å². The fraction of sp³-hybridized carbons (Fsp3) is 0.462. The number of likely N-dealkylation sites (N-methyl/N-ethyl adjacent to an activating group) is 1. The molecule has 17 heavy (non-hydrogen) atoms. The fourth-order valence-corrected chi connectivity index (χ4v) is 1.57. The summed E-state index contributed by atoms with van der Waals surface area (Å²) in [6.07, 6.45) is -0.276. The lowest BCUT2D eigenvalue weighted by Gasteiger charge is -2.20. The third kappa shape index (κ3) is 4.97. The Morgan fingerprint density at radius 1 is 1.41 bits per heavy atom. The van der Waals surface area contributed by atoms with E-state index in [0.29, 0.717) is 13.0 Å². The molecular weight excluding hydrogens is 218 g/mol. The van der Waals surface area contributed by atoms with Crippen LogP contribution in [0.25, 0.3) is 0 Å². The Morgan fingerprint density at radius 2 is 2.06 bits per heavy atom. The average molecular weight is 237 g/mol. The zero-order chi connectivity index (χ0) is 12.7. The average Bonchev–Trinajstić information content (AvgIpc) is 2.30. The molecule has 0 aromatic heterocycles. The predicted octanol–water partition coefficient (Wildman–Crippen LogP) is 0.695. The van der Waals surface area contributed by atoms with Crippen LogP contribution >= 0.6 is 0 Å². The first-order chi connectivity index (χ1) is 8.13. The maximum absolute atomic E-state index is 11.8. The van der Waals surface area contributed by atoms with Crippen molar-refractivity contribution < 1.29 is 14.6 Å². The van der Waals surface area contributed by atoms with Crippen LogP contribution in [-0.4, -0.2) is 49.3 Å². The number of carbonyl (C=O) groups excluding carboxylic acids is 1. The molecule has 1 amide bonds. The minimum absolute atomic E-state index is 0.00801. The standard InChI is InChI=1S/C13H19NO3/c1-14(9-12(15)10-17-2)13(16)8-11-6-4-3-5-7-11/h3-7,12,15H,8-10H2,1-2H3. The quantitative estimate of drug-likeness (QED) is 0.792. The fourth-order valence-electron chi connectivity index (χ4n) is 1.57. The van der Waals surface area contributed by atoms with E-state index in [1.54, 1.807) is 7.05 Å². The molecular formula is C13H19NO3. The van der Waals surface area contributed by atoms with Gasteiger partial charge >= 0.3 is 0 Å². The Labute approximate surface area is 102 Å². The van der Waals surface area contributed by atoms with Gasteiger partial charge in [-0.1, -0.05) is 30.3 Å². The largest absolute Gasteiger partial charge is 0.389 e. The van der Waals surface area contributed by atoms with Crippen molar-refractivity contribution in [3.63, 3.8) is 0 Å². The normalized spacial score (nSPS) is 12.2. The Balaban J connectivity index is 2.42. The van der Waals surface area contributed by atoms with Crippen LogP contribution in [0.5, 0.6) is 0 Å². The van der Waals surface area contributed by atoms with Crippen LogP contribution in [0.4, 0.5) is 0 Å². The maximum atomic E-state index is 11.8. The summed E-state index contributed by atoms with van der Waals surface area (Å²) in [6, 6.07) is 9.56. The van der Waals surface area contributed by atoms with Crippen LogP contribution in [0, 0.1) is 0 Å². The van der Waals surface area contributed by atoms with Crippen LogP contribution in [0.2, 0.25) is 0 Å². The minimum atomic E-state index is -0.635. The van der Waals surface area contributed by atoms with E-state index in [4.69, 9.17) is 4.74 Å². The van der Waals surface area contributed by atoms with E-state index in [9.17, 15) is 9.90 Å². The molecule has 4 heteroatoms. The van der Waals surface area contributed by atoms with Crippen molar-refractivity contribution in [3.05, 3.63) is 35.9 Å². The Kier molecular flexibility index (Phi) is 5.66. The second-order valence-corrected chi connectivity index (χ2v) is 4.05. The third-order valence-corrected chi connectivity index (χ3v) is 2.47. The second-order valence-electron chi connectivity index (χ2n) is 4.05. The summed E-state index contributed by atoms with van der Waals surface area (Å²) in [5.74, 6) is -0.00801. The van der Waals surface area contributed by atoms with Gasteiger partial charge in [0.2, 0.25) is 5.91 Å². The smallest absolute Gasteiger partial charge is 0.226 e. The van der Waals surface area contributed by atoms with E-state index in [2.05, 4.69) is 0 Å². The summed E-state index contributed by atoms with van der Waals surface area (Å²) in [7, 11) is 3.21. The number of hydrogen-bond donors (Lipinski definition) is 1. The van der Waals surface area contributed by atoms with Gasteiger partial charge in [0.25, 0.3) is 0 Å². The highest BCUT2D eigenvalue weighted by Crippen LogP contribution is 2.02. The van der Waals surface area contributed by atoms with Gasteiger partial charge in [0.1, 0.15) is 0 Å². The van der Waals surface area contributed by atoms with Gasteiger partial charge in [-0.2, -0.15) is 0 Å². The molecule has 0 bridgehead atoms. The van der Waals surface area contributed by atoms with Crippen molar-refractivity contribution in [2.45, 2.75) is 12.5 Å². The van der Waals surface area contributed by atoms with E-state index >= 15 is 0 Å². The number of methoxy groups -OCH3 is 1. The van der Waals surface area contributed by atoms with Crippen LogP contribution in [-0.2, 0) is 16.0 Å². The first kappa shape index (κ1) is 13.7. The van der Waals surface area contributed by atoms with E-state index in [-0.39, 0.29) is 12.5 Å². The summed E-state index contributed by atoms with van der Waals surface area (Å²) in [6.45, 7) is 0.530. The molecule has 0 aliphatic carbocycles. The summed E-state index contributed by atoms with van der Waals surface area (Å²) in [4.78, 5) is 13.4. The molecule has 1 unspecified atom stereocenters. The van der Waals surface area contributed by atoms with Crippen molar-refractivity contribution >= 4 is 5.91 Å². The molecule has 1 atom stereocenters. The molecule has 0 aliphatic heterocycles. The predicted molar refractivity (Wildman–Crippen MR) is 65.7 cm³/mol. The summed E-state index contributed by atoms with van der Waals surface area (Å²) >= 11 is 0. The first-order valence-electron chi connectivity index (χ1n) is 5.58. The number of carbonyl (C=O) groups is 1. The number of ether oxygens (including phenoxy) is 1. The number of aliphatic hydroxyl groups excluding tert-OH is 1. The Hall–Kier alpha value is -1.39. The number of benzene rings is 1. The van der Waals surface area contributed by atoms with Gasteiger partial charge in [-0.25, -0.2) is 0 Å². The number of amides is 1. The molecule has 0 aliphatic rings. The van der Waals surface area contributed by atoms with Gasteiger partial charge in [0, 0.05) is 20.7 Å². The van der Waals surface area contributed by atoms with E-state index in [1.807, 2.05) is 30.3 Å². The van der Waals surface area contributed by atoms with Gasteiger partial charge in [-0.3, -0.25) is 4.79 Å². The number of rotatable bonds is 6. The van der Waals surface area contributed by atoms with Gasteiger partial charge in [0.15, 0.2) is 0 Å². The van der Waals surface area contributed by atoms with E-state index in [0.717, 1.165) is 5.56 Å². The molecule has 0 heterocycles. The van der Waals surface area contributed by atoms with Gasteiger partial charge in [-0.05, 0) is 5.56 Å². The topological polar surface area (TPSA) is 49.8 Å². The lowest BCUT2D eigenvalue weighted by atomic mass is 10.1. The monoisotopic (exact) mass is 237 g/mol. The maximum Gasteiger partial charge on any atom is 0.226 e. The third-order valence-electron chi connectivity index (χ3n) is 2.47. The zero-order valence-electron chi connectivity index (χ0n) is 10.3. The van der Waals surface area contributed by atoms with Crippen LogP contribution < -0.4 is 0 Å². The van der Waals surface area contributed by atoms with Gasteiger partial charge < -0.3 is 14.7 Å². The first-order valence-corrected chi connectivity index (χ1v) is 5.58. The number of aliphatic hydroxyl groups is 1. The molecule has 94 valence electrons. The molecule has 1 aromatic rings. The molecule has 4 nitrogen and oxygen atoms in total. The summed E-state index contributed by atoms with van der Waals surface area (Å²) < 4.78 is 4.81. The lowest BCUT2D eigenvalue weighted by molar-refractivity contribution is -0.130. The molecule has 1 rings (SSSR count). The number of nitrogens with zero attached hydrogens (tertiary/aromatic N) is 1. The molecule has 1 aromatic carbocycles. The highest BCUT2D eigenvalue weighted by molar-refractivity contribution is 5.78. The highest BCUT2D eigenvalue weighted by atomic mass is 16.5. The van der Waals surface area contributed by atoms with Crippen molar-refractivity contribution in [3.8, 4) is 0 Å². The molecule has 0 fully saturated rings. The molecule has 0 radical (unpaired) electrons. The highest BCUT2D eigenvalue weighted by Gasteiger charge is 2.13. The van der Waals surface area contributed by atoms with Crippen molar-refractivity contribution in [2.24, 2.45) is 0 Å². The van der Waals surface area contributed by atoms with Crippen LogP contribution in [0.1, 0.15) is 5.56 Å². The minimum Gasteiger partial charge on any atom is -0.389 e. The van der Waals surface area contributed by atoms with E-state index in [1.165, 1.54) is 12.0 Å². The van der Waals surface area contributed by atoms with Crippen molar-refractivity contribution in [1.29, 1.82) is 0 Å². The summed E-state index contributed by atoms with van der Waals surface area (Å²) in [5.41, 5.74) is 0.977. The van der Waals surface area contributed by atoms with Crippen LogP contribution in [0.15, 0.2) is 30.3 Å². The molecule has 1 N–H and O–H groups in total. The lowest BCUT2D eigenvalue weighted by Crippen LogP contribution is -2.37. The molecule has 0 saturated carbocycles. The Bertz CT molecular complexity index is 340. The van der Waals surface area contributed by atoms with Crippen molar-refractivity contribution in [1.82, 2.24) is 4.90 Å². The molecule has 0 spiro atoms. The van der Waals surface area contributed by atoms with Gasteiger partial charge in [0.05, 0.1) is 19.1 Å². The Morgan fingerprint density at radius 3 is 2.65 bits per heavy atom. The van der Waals surface area contributed by atoms with Crippen LogP contribution in [0.3, 0.4) is 0 Å². The SMILES string of the molecule is COCC(O)CN(C)C(=O)Cc1ccccc1. The molecule has 0 saturated heterocycles. The summed E-state index contributed by atoms with van der Waals surface area (Å²) in [5, 5.41) is 9.52. The second kappa shape index (κ2) is 7.04. The van der Waals surface area contributed by atoms with Gasteiger partial charge in [-0.15, -0.1) is 0 Å². The zero-order valence-corrected chi connectivity index (χ0v) is 10.3. The number of hydrogen-bond acceptors (Lipinski definition) is 3. The van der Waals surface area contributed by atoms with Crippen molar-refractivity contribution in [2.75, 3.05) is 27.3 Å².